The third kappa shape index (κ3) is 3.13. The molecule has 20 heavy (non-hydrogen) atoms. The lowest BCUT2D eigenvalue weighted by Gasteiger charge is -2.34. The highest BCUT2D eigenvalue weighted by Gasteiger charge is 2.33. The Kier molecular flexibility index (Phi) is 5.01. The molecule has 1 heterocycles. The van der Waals surface area contributed by atoms with Gasteiger partial charge in [-0.25, -0.2) is 8.42 Å². The van der Waals surface area contributed by atoms with Crippen LogP contribution in [0.25, 0.3) is 0 Å². The van der Waals surface area contributed by atoms with Crippen LogP contribution in [0.3, 0.4) is 0 Å². The topological polar surface area (TPSA) is 72.6 Å². The molecule has 0 bridgehead atoms. The Hall–Kier alpha value is -1.11. The van der Waals surface area contributed by atoms with Gasteiger partial charge in [0.1, 0.15) is 5.75 Å². The van der Waals surface area contributed by atoms with Gasteiger partial charge in [0.25, 0.3) is 0 Å². The summed E-state index contributed by atoms with van der Waals surface area (Å²) in [6, 6.07) is 6.65. The van der Waals surface area contributed by atoms with Crippen LogP contribution in [-0.2, 0) is 10.0 Å². The van der Waals surface area contributed by atoms with Crippen molar-refractivity contribution >= 4 is 10.0 Å². The first kappa shape index (κ1) is 15.3. The standard InChI is InChI=1S/C14H22N2O3S/c1-19-13-6-4-7-14(11-13)20(17,18)16-10-3-2-5-12(16)8-9-15/h4,6-7,11-12H,2-3,5,8-10,15H2,1H3. The maximum absolute atomic E-state index is 12.8. The van der Waals surface area contributed by atoms with Crippen LogP contribution in [-0.4, -0.2) is 39.0 Å². The molecular formula is C14H22N2O3S. The zero-order chi connectivity index (χ0) is 14.6. The van der Waals surface area contributed by atoms with E-state index in [1.165, 1.54) is 7.11 Å². The first-order valence-electron chi connectivity index (χ1n) is 6.95. The van der Waals surface area contributed by atoms with Crippen LogP contribution in [0.1, 0.15) is 25.7 Å². The molecule has 1 aromatic rings. The molecule has 1 atom stereocenters. The second kappa shape index (κ2) is 6.56. The van der Waals surface area contributed by atoms with Crippen LogP contribution in [0.2, 0.25) is 0 Å². The molecule has 6 heteroatoms. The highest BCUT2D eigenvalue weighted by molar-refractivity contribution is 7.89. The van der Waals surface area contributed by atoms with Crippen molar-refractivity contribution in [2.75, 3.05) is 20.2 Å². The van der Waals surface area contributed by atoms with E-state index in [1.54, 1.807) is 28.6 Å². The van der Waals surface area contributed by atoms with Gasteiger partial charge >= 0.3 is 0 Å². The summed E-state index contributed by atoms with van der Waals surface area (Å²) in [6.45, 7) is 1.08. The first-order valence-corrected chi connectivity index (χ1v) is 8.39. The second-order valence-corrected chi connectivity index (χ2v) is 6.91. The summed E-state index contributed by atoms with van der Waals surface area (Å²) in [4.78, 5) is 0.292. The lowest BCUT2D eigenvalue weighted by molar-refractivity contribution is 0.243. The molecule has 1 aliphatic heterocycles. The molecule has 112 valence electrons. The van der Waals surface area contributed by atoms with Crippen LogP contribution in [0.4, 0.5) is 0 Å². The van der Waals surface area contributed by atoms with E-state index in [0.717, 1.165) is 19.3 Å². The summed E-state index contributed by atoms with van der Waals surface area (Å²) >= 11 is 0. The third-order valence-electron chi connectivity index (χ3n) is 3.72. The monoisotopic (exact) mass is 298 g/mol. The molecule has 0 amide bonds. The minimum atomic E-state index is -3.47. The number of rotatable bonds is 5. The molecule has 0 aliphatic carbocycles. The number of ether oxygens (including phenoxy) is 1. The second-order valence-electron chi connectivity index (χ2n) is 5.02. The van der Waals surface area contributed by atoms with Gasteiger partial charge in [0.15, 0.2) is 0 Å². The van der Waals surface area contributed by atoms with Crippen molar-refractivity contribution in [2.45, 2.75) is 36.6 Å². The number of piperidine rings is 1. The van der Waals surface area contributed by atoms with Gasteiger partial charge < -0.3 is 10.5 Å². The third-order valence-corrected chi connectivity index (χ3v) is 5.67. The van der Waals surface area contributed by atoms with Crippen LogP contribution in [0.15, 0.2) is 29.2 Å². The molecule has 5 nitrogen and oxygen atoms in total. The fraction of sp³-hybridized carbons (Fsp3) is 0.571. The number of nitrogens with zero attached hydrogens (tertiary/aromatic N) is 1. The van der Waals surface area contributed by atoms with E-state index in [2.05, 4.69) is 0 Å². The van der Waals surface area contributed by atoms with Gasteiger partial charge in [-0.1, -0.05) is 12.5 Å². The fourth-order valence-electron chi connectivity index (χ4n) is 2.67. The largest absolute Gasteiger partial charge is 0.497 e. The Bertz CT molecular complexity index is 543. The van der Waals surface area contributed by atoms with Crippen LogP contribution in [0.5, 0.6) is 5.75 Å². The molecule has 1 unspecified atom stereocenters. The van der Waals surface area contributed by atoms with E-state index in [0.29, 0.717) is 30.2 Å². The summed E-state index contributed by atoms with van der Waals surface area (Å²) in [6.07, 6.45) is 3.57. The molecule has 2 rings (SSSR count). The SMILES string of the molecule is COc1cccc(S(=O)(=O)N2CCCCC2CCN)c1. The van der Waals surface area contributed by atoms with Crippen molar-refractivity contribution in [3.05, 3.63) is 24.3 Å². The van der Waals surface area contributed by atoms with Crippen molar-refractivity contribution in [2.24, 2.45) is 5.73 Å². The zero-order valence-electron chi connectivity index (χ0n) is 11.8. The van der Waals surface area contributed by atoms with E-state index < -0.39 is 10.0 Å². The predicted octanol–water partition coefficient (Wildman–Crippen LogP) is 1.59. The number of benzene rings is 1. The van der Waals surface area contributed by atoms with Crippen molar-refractivity contribution in [1.82, 2.24) is 4.31 Å². The fourth-order valence-corrected chi connectivity index (χ4v) is 4.43. The summed E-state index contributed by atoms with van der Waals surface area (Å²) in [5.41, 5.74) is 5.61. The van der Waals surface area contributed by atoms with Gasteiger partial charge in [-0.05, 0) is 37.9 Å². The first-order chi connectivity index (χ1) is 9.59. The van der Waals surface area contributed by atoms with Crippen molar-refractivity contribution in [1.29, 1.82) is 0 Å². The summed E-state index contributed by atoms with van der Waals surface area (Å²) in [5.74, 6) is 0.554. The van der Waals surface area contributed by atoms with Gasteiger partial charge in [-0.3, -0.25) is 0 Å². The quantitative estimate of drug-likeness (QED) is 0.896. The molecule has 1 aliphatic rings. The smallest absolute Gasteiger partial charge is 0.243 e. The van der Waals surface area contributed by atoms with Crippen molar-refractivity contribution in [3.63, 3.8) is 0 Å². The zero-order valence-corrected chi connectivity index (χ0v) is 12.6. The van der Waals surface area contributed by atoms with Gasteiger partial charge in [0.2, 0.25) is 10.0 Å². The highest BCUT2D eigenvalue weighted by atomic mass is 32.2. The van der Waals surface area contributed by atoms with Gasteiger partial charge in [0.05, 0.1) is 12.0 Å². The Morgan fingerprint density at radius 2 is 2.20 bits per heavy atom. The summed E-state index contributed by atoms with van der Waals surface area (Å²) < 4.78 is 32.3. The Balaban J connectivity index is 2.31. The molecule has 0 aromatic heterocycles. The molecular weight excluding hydrogens is 276 g/mol. The van der Waals surface area contributed by atoms with Crippen molar-refractivity contribution < 1.29 is 13.2 Å². The normalized spacial score (nSPS) is 20.8. The number of hydrogen-bond acceptors (Lipinski definition) is 4. The van der Waals surface area contributed by atoms with E-state index in [4.69, 9.17) is 10.5 Å². The van der Waals surface area contributed by atoms with Crippen LogP contribution in [0, 0.1) is 0 Å². The lowest BCUT2D eigenvalue weighted by atomic mass is 10.0. The Labute approximate surface area is 120 Å². The molecule has 0 spiro atoms. The molecule has 0 saturated carbocycles. The lowest BCUT2D eigenvalue weighted by Crippen LogP contribution is -2.44. The minimum absolute atomic E-state index is 0.0185. The number of hydrogen-bond donors (Lipinski definition) is 1. The van der Waals surface area contributed by atoms with E-state index in [-0.39, 0.29) is 6.04 Å². The van der Waals surface area contributed by atoms with E-state index in [9.17, 15) is 8.42 Å². The Morgan fingerprint density at radius 1 is 1.40 bits per heavy atom. The van der Waals surface area contributed by atoms with Crippen LogP contribution >= 0.6 is 0 Å². The van der Waals surface area contributed by atoms with Crippen LogP contribution < -0.4 is 10.5 Å². The van der Waals surface area contributed by atoms with Gasteiger partial charge in [-0.15, -0.1) is 0 Å². The molecule has 2 N–H and O–H groups in total. The number of sulfonamides is 1. The molecule has 1 aromatic carbocycles. The molecule has 1 saturated heterocycles. The number of methoxy groups -OCH3 is 1. The molecule has 1 fully saturated rings. The maximum Gasteiger partial charge on any atom is 0.243 e. The Morgan fingerprint density at radius 3 is 2.90 bits per heavy atom. The highest BCUT2D eigenvalue weighted by Crippen LogP contribution is 2.28. The van der Waals surface area contributed by atoms with Crippen molar-refractivity contribution in [3.8, 4) is 5.75 Å². The predicted molar refractivity (Wildman–Crippen MR) is 78.2 cm³/mol. The molecule has 0 radical (unpaired) electrons. The summed E-state index contributed by atoms with van der Waals surface area (Å²) in [7, 11) is -1.94. The number of nitrogens with two attached hydrogens (primary N) is 1. The van der Waals surface area contributed by atoms with Gasteiger partial charge in [0, 0.05) is 18.7 Å². The average Bonchev–Trinajstić information content (AvgIpc) is 2.48. The maximum atomic E-state index is 12.8. The average molecular weight is 298 g/mol. The van der Waals surface area contributed by atoms with E-state index in [1.807, 2.05) is 0 Å². The van der Waals surface area contributed by atoms with E-state index >= 15 is 0 Å². The summed E-state index contributed by atoms with van der Waals surface area (Å²) in [5, 5.41) is 0. The minimum Gasteiger partial charge on any atom is -0.497 e. The van der Waals surface area contributed by atoms with Gasteiger partial charge in [-0.2, -0.15) is 4.31 Å².